The van der Waals surface area contributed by atoms with Crippen molar-refractivity contribution in [3.63, 3.8) is 0 Å². The normalized spacial score (nSPS) is 23.5. The second-order valence-electron chi connectivity index (χ2n) is 2.56. The fraction of sp³-hybridized carbons (Fsp3) is 0.800. The minimum atomic E-state index is -5.63. The van der Waals surface area contributed by atoms with Crippen molar-refractivity contribution in [1.29, 1.82) is 0 Å². The zero-order chi connectivity index (χ0) is 11.1. The largest absolute Gasteiger partial charge is 0.475 e. The number of alkyl halides is 6. The summed E-state index contributed by atoms with van der Waals surface area (Å²) in [5.41, 5.74) is 0. The molecule has 3 nitrogen and oxygen atoms in total. The van der Waals surface area contributed by atoms with Crippen LogP contribution in [0, 0.1) is 0 Å². The van der Waals surface area contributed by atoms with Gasteiger partial charge in [-0.3, -0.25) is 9.91 Å². The third kappa shape index (κ3) is 1.64. The number of hydrazone groups is 1. The third-order valence-electron chi connectivity index (χ3n) is 1.56. The minimum Gasteiger partial charge on any atom is -0.266 e. The van der Waals surface area contributed by atoms with E-state index in [1.165, 1.54) is 7.05 Å². The van der Waals surface area contributed by atoms with Crippen LogP contribution in [0.5, 0.6) is 0 Å². The first-order valence-corrected chi connectivity index (χ1v) is 4.23. The predicted molar refractivity (Wildman–Crippen MR) is 41.8 cm³/mol. The lowest BCUT2D eigenvalue weighted by atomic mass is 10.5. The lowest BCUT2D eigenvalue weighted by molar-refractivity contribution is -0.328. The molecule has 0 spiro atoms. The quantitative estimate of drug-likeness (QED) is 0.416. The van der Waals surface area contributed by atoms with E-state index in [1.54, 1.807) is 0 Å². The Kier molecular flexibility index (Phi) is 2.63. The zero-order valence-electron chi connectivity index (χ0n) is 6.76. The molecule has 0 aromatic heterocycles. The summed E-state index contributed by atoms with van der Waals surface area (Å²) in [6.07, 6.45) is -5.19. The number of hydrogen-bond donors (Lipinski definition) is 0. The Balaban J connectivity index is 2.90. The van der Waals surface area contributed by atoms with Gasteiger partial charge in [-0.05, 0) is 15.9 Å². The minimum absolute atomic E-state index is 0.215. The Labute approximate surface area is 84.3 Å². The average Bonchev–Trinajstić information content (AvgIpc) is 2.30. The molecule has 0 amide bonds. The van der Waals surface area contributed by atoms with Crippen molar-refractivity contribution in [2.75, 3.05) is 7.05 Å². The van der Waals surface area contributed by atoms with Gasteiger partial charge in [0, 0.05) is 7.05 Å². The van der Waals surface area contributed by atoms with Crippen molar-refractivity contribution < 1.29 is 22.0 Å². The number of rotatable bonds is 1. The first kappa shape index (κ1) is 11.5. The molecule has 1 unspecified atom stereocenters. The highest BCUT2D eigenvalue weighted by molar-refractivity contribution is 9.09. The highest BCUT2D eigenvalue weighted by Crippen LogP contribution is 2.41. The van der Waals surface area contributed by atoms with Gasteiger partial charge in [-0.25, -0.2) is 0 Å². The zero-order valence-corrected chi connectivity index (χ0v) is 8.35. The summed E-state index contributed by atoms with van der Waals surface area (Å²) in [4.78, 5) is -0.215. The summed E-state index contributed by atoms with van der Waals surface area (Å²) in [5, 5.41) is 2.91. The van der Waals surface area contributed by atoms with Gasteiger partial charge in [0.2, 0.25) is 0 Å². The van der Waals surface area contributed by atoms with Crippen molar-refractivity contribution in [3.05, 3.63) is 0 Å². The van der Waals surface area contributed by atoms with Gasteiger partial charge >= 0.3 is 12.2 Å². The van der Waals surface area contributed by atoms with E-state index in [-0.39, 0.29) is 4.90 Å². The molecular formula is C5H5BrF5N3. The Bertz CT molecular complexity index is 252. The molecule has 0 aliphatic carbocycles. The fourth-order valence-corrected chi connectivity index (χ4v) is 1.25. The molecule has 0 bridgehead atoms. The first-order chi connectivity index (χ1) is 6.18. The molecule has 9 heteroatoms. The van der Waals surface area contributed by atoms with Crippen LogP contribution >= 0.6 is 15.9 Å². The van der Waals surface area contributed by atoms with Crippen LogP contribution in [0.4, 0.5) is 22.0 Å². The molecular weight excluding hydrogens is 277 g/mol. The molecule has 0 N–H and O–H groups in total. The molecule has 1 aliphatic rings. The van der Waals surface area contributed by atoms with Gasteiger partial charge in [0.05, 0.1) is 0 Å². The second kappa shape index (κ2) is 3.21. The van der Waals surface area contributed by atoms with Crippen molar-refractivity contribution in [3.8, 4) is 0 Å². The highest BCUT2D eigenvalue weighted by atomic mass is 79.9. The lowest BCUT2D eigenvalue weighted by Gasteiger charge is -2.31. The summed E-state index contributed by atoms with van der Waals surface area (Å²) in [6, 6.07) is -4.94. The second-order valence-corrected chi connectivity index (χ2v) is 3.38. The SMILES string of the molecule is CN1N=CN(C(F)(F)C(F)(F)F)C1Br. The van der Waals surface area contributed by atoms with E-state index in [0.29, 0.717) is 6.34 Å². The van der Waals surface area contributed by atoms with E-state index in [0.717, 1.165) is 5.01 Å². The molecule has 82 valence electrons. The molecule has 0 fully saturated rings. The Morgan fingerprint density at radius 1 is 1.29 bits per heavy atom. The standard InChI is InChI=1S/C5H5BrF5N3/c1-13-3(6)14(2-12-13)5(10,11)4(7,8)9/h2-3H,1H3. The predicted octanol–water partition coefficient (Wildman–Crippen LogP) is 2.01. The summed E-state index contributed by atoms with van der Waals surface area (Å²) >= 11 is 2.65. The van der Waals surface area contributed by atoms with Gasteiger partial charge in [0.25, 0.3) is 0 Å². The van der Waals surface area contributed by atoms with Crippen LogP contribution in [-0.4, -0.2) is 40.6 Å². The molecule has 0 aromatic rings. The highest BCUT2D eigenvalue weighted by Gasteiger charge is 2.64. The summed E-state index contributed by atoms with van der Waals surface area (Å²) < 4.78 is 61.1. The van der Waals surface area contributed by atoms with Crippen LogP contribution in [0.25, 0.3) is 0 Å². The van der Waals surface area contributed by atoms with Crippen LogP contribution in [0.15, 0.2) is 5.10 Å². The van der Waals surface area contributed by atoms with E-state index < -0.39 is 17.3 Å². The van der Waals surface area contributed by atoms with E-state index in [2.05, 4.69) is 21.0 Å². The summed E-state index contributed by atoms with van der Waals surface area (Å²) in [7, 11) is 1.27. The molecule has 0 radical (unpaired) electrons. The molecule has 1 heterocycles. The monoisotopic (exact) mass is 281 g/mol. The number of nitrogens with zero attached hydrogens (tertiary/aromatic N) is 3. The maximum atomic E-state index is 12.7. The molecule has 14 heavy (non-hydrogen) atoms. The van der Waals surface area contributed by atoms with Crippen molar-refractivity contribution >= 4 is 22.3 Å². The lowest BCUT2D eigenvalue weighted by Crippen LogP contribution is -2.54. The third-order valence-corrected chi connectivity index (χ3v) is 2.60. The Morgan fingerprint density at radius 3 is 2.07 bits per heavy atom. The van der Waals surface area contributed by atoms with E-state index in [1.807, 2.05) is 0 Å². The summed E-state index contributed by atoms with van der Waals surface area (Å²) in [5.74, 6) is 0. The van der Waals surface area contributed by atoms with Crippen LogP contribution in [0.2, 0.25) is 0 Å². The van der Waals surface area contributed by atoms with Crippen LogP contribution in [-0.2, 0) is 0 Å². The van der Waals surface area contributed by atoms with Gasteiger partial charge in [-0.1, -0.05) is 0 Å². The van der Waals surface area contributed by atoms with E-state index >= 15 is 0 Å². The smallest absolute Gasteiger partial charge is 0.266 e. The van der Waals surface area contributed by atoms with Crippen molar-refractivity contribution in [1.82, 2.24) is 9.91 Å². The fourth-order valence-electron chi connectivity index (χ4n) is 0.780. The topological polar surface area (TPSA) is 18.8 Å². The molecule has 1 rings (SSSR count). The molecule has 0 saturated heterocycles. The van der Waals surface area contributed by atoms with Gasteiger partial charge < -0.3 is 0 Å². The maximum Gasteiger partial charge on any atom is 0.475 e. The molecule has 1 atom stereocenters. The van der Waals surface area contributed by atoms with E-state index in [4.69, 9.17) is 0 Å². The Hall–Kier alpha value is -0.600. The van der Waals surface area contributed by atoms with Gasteiger partial charge in [-0.2, -0.15) is 27.1 Å². The van der Waals surface area contributed by atoms with Crippen LogP contribution in [0.3, 0.4) is 0 Å². The van der Waals surface area contributed by atoms with Crippen LogP contribution < -0.4 is 0 Å². The van der Waals surface area contributed by atoms with Crippen LogP contribution in [0.1, 0.15) is 0 Å². The first-order valence-electron chi connectivity index (χ1n) is 3.32. The van der Waals surface area contributed by atoms with E-state index in [9.17, 15) is 22.0 Å². The molecule has 1 aliphatic heterocycles. The van der Waals surface area contributed by atoms with Gasteiger partial charge in [0.15, 0.2) is 5.08 Å². The van der Waals surface area contributed by atoms with Gasteiger partial charge in [-0.15, -0.1) is 0 Å². The average molecular weight is 282 g/mol. The number of halogens is 6. The Morgan fingerprint density at radius 2 is 1.79 bits per heavy atom. The van der Waals surface area contributed by atoms with Crippen molar-refractivity contribution in [2.45, 2.75) is 17.3 Å². The van der Waals surface area contributed by atoms with Gasteiger partial charge in [0.1, 0.15) is 6.34 Å². The molecule has 0 aromatic carbocycles. The number of hydrogen-bond acceptors (Lipinski definition) is 3. The summed E-state index contributed by atoms with van der Waals surface area (Å²) in [6.45, 7) is 0. The maximum absolute atomic E-state index is 12.7. The molecule has 0 saturated carbocycles. The van der Waals surface area contributed by atoms with Crippen molar-refractivity contribution in [2.24, 2.45) is 5.10 Å².